The van der Waals surface area contributed by atoms with Crippen molar-refractivity contribution in [3.8, 4) is 11.5 Å². The van der Waals surface area contributed by atoms with Crippen molar-refractivity contribution < 1.29 is 13.9 Å². The summed E-state index contributed by atoms with van der Waals surface area (Å²) in [6.45, 7) is 0. The van der Waals surface area contributed by atoms with Crippen LogP contribution in [0.15, 0.2) is 41.2 Å². The summed E-state index contributed by atoms with van der Waals surface area (Å²) in [5.74, 6) is 1.49. The first kappa shape index (κ1) is 11.5. The lowest BCUT2D eigenvalue weighted by atomic mass is 10.0. The Hall–Kier alpha value is -1.94. The number of hydrogen-bond donors (Lipinski definition) is 1. The molecule has 0 spiro atoms. The lowest BCUT2D eigenvalue weighted by Gasteiger charge is -2.15. The van der Waals surface area contributed by atoms with Crippen LogP contribution >= 0.6 is 0 Å². The molecular weight excluding hydrogens is 218 g/mol. The molecule has 4 nitrogen and oxygen atoms in total. The SMILES string of the molecule is COc1ccc(OC)c(C(N)c2ccoc2)c1. The summed E-state index contributed by atoms with van der Waals surface area (Å²) < 4.78 is 15.5. The van der Waals surface area contributed by atoms with Crippen molar-refractivity contribution in [1.82, 2.24) is 0 Å². The third kappa shape index (κ3) is 2.26. The van der Waals surface area contributed by atoms with Gasteiger partial charge in [-0.25, -0.2) is 0 Å². The van der Waals surface area contributed by atoms with Crippen molar-refractivity contribution in [2.45, 2.75) is 6.04 Å². The molecule has 1 atom stereocenters. The molecule has 0 amide bonds. The van der Waals surface area contributed by atoms with Crippen molar-refractivity contribution in [2.24, 2.45) is 5.73 Å². The topological polar surface area (TPSA) is 57.6 Å². The lowest BCUT2D eigenvalue weighted by molar-refractivity contribution is 0.397. The smallest absolute Gasteiger partial charge is 0.124 e. The van der Waals surface area contributed by atoms with E-state index in [9.17, 15) is 0 Å². The zero-order chi connectivity index (χ0) is 12.3. The summed E-state index contributed by atoms with van der Waals surface area (Å²) in [4.78, 5) is 0. The van der Waals surface area contributed by atoms with Crippen LogP contribution in [0.4, 0.5) is 0 Å². The number of hydrogen-bond acceptors (Lipinski definition) is 4. The van der Waals surface area contributed by atoms with Crippen molar-refractivity contribution in [2.75, 3.05) is 14.2 Å². The fourth-order valence-corrected chi connectivity index (χ4v) is 1.71. The highest BCUT2D eigenvalue weighted by atomic mass is 16.5. The van der Waals surface area contributed by atoms with Crippen molar-refractivity contribution in [3.05, 3.63) is 47.9 Å². The molecule has 1 heterocycles. The average molecular weight is 233 g/mol. The molecule has 0 fully saturated rings. The van der Waals surface area contributed by atoms with Crippen molar-refractivity contribution >= 4 is 0 Å². The van der Waals surface area contributed by atoms with Gasteiger partial charge >= 0.3 is 0 Å². The highest BCUT2D eigenvalue weighted by Crippen LogP contribution is 2.31. The van der Waals surface area contributed by atoms with E-state index in [4.69, 9.17) is 19.6 Å². The standard InChI is InChI=1S/C13H15NO3/c1-15-10-3-4-12(16-2)11(7-10)13(14)9-5-6-17-8-9/h3-8,13H,14H2,1-2H3. The molecule has 2 aromatic rings. The molecule has 0 aliphatic rings. The van der Waals surface area contributed by atoms with Gasteiger partial charge in [-0.2, -0.15) is 0 Å². The average Bonchev–Trinajstić information content (AvgIpc) is 2.91. The Kier molecular flexibility index (Phi) is 3.35. The van der Waals surface area contributed by atoms with Crippen LogP contribution in [0.5, 0.6) is 11.5 Å². The van der Waals surface area contributed by atoms with Crippen LogP contribution in [0, 0.1) is 0 Å². The molecule has 4 heteroatoms. The number of methoxy groups -OCH3 is 2. The Morgan fingerprint density at radius 1 is 1.18 bits per heavy atom. The first-order chi connectivity index (χ1) is 8.26. The predicted molar refractivity (Wildman–Crippen MR) is 64.3 cm³/mol. The number of rotatable bonds is 4. The van der Waals surface area contributed by atoms with Gasteiger partial charge in [0.15, 0.2) is 0 Å². The van der Waals surface area contributed by atoms with E-state index >= 15 is 0 Å². The third-order valence-corrected chi connectivity index (χ3v) is 2.67. The summed E-state index contributed by atoms with van der Waals surface area (Å²) in [7, 11) is 3.24. The van der Waals surface area contributed by atoms with Crippen LogP contribution in [0.1, 0.15) is 17.2 Å². The Morgan fingerprint density at radius 2 is 2.00 bits per heavy atom. The van der Waals surface area contributed by atoms with Crippen LogP contribution in [0.2, 0.25) is 0 Å². The van der Waals surface area contributed by atoms with E-state index in [1.165, 1.54) is 0 Å². The van der Waals surface area contributed by atoms with Gasteiger partial charge in [-0.05, 0) is 24.3 Å². The molecule has 1 unspecified atom stereocenters. The highest BCUT2D eigenvalue weighted by molar-refractivity contribution is 5.45. The fraction of sp³-hybridized carbons (Fsp3) is 0.231. The molecule has 2 rings (SSSR count). The minimum atomic E-state index is -0.293. The normalized spacial score (nSPS) is 12.2. The van der Waals surface area contributed by atoms with Gasteiger partial charge in [0.2, 0.25) is 0 Å². The van der Waals surface area contributed by atoms with Crippen molar-refractivity contribution in [3.63, 3.8) is 0 Å². The maximum atomic E-state index is 6.17. The maximum absolute atomic E-state index is 6.17. The van der Waals surface area contributed by atoms with Gasteiger partial charge in [0, 0.05) is 11.1 Å². The number of furan rings is 1. The molecule has 1 aromatic heterocycles. The lowest BCUT2D eigenvalue weighted by Crippen LogP contribution is -2.12. The maximum Gasteiger partial charge on any atom is 0.124 e. The number of benzene rings is 1. The minimum absolute atomic E-state index is 0.293. The predicted octanol–water partition coefficient (Wildman–Crippen LogP) is 2.34. The van der Waals surface area contributed by atoms with E-state index in [0.717, 1.165) is 22.6 Å². The molecular formula is C13H15NO3. The monoisotopic (exact) mass is 233 g/mol. The molecule has 0 bridgehead atoms. The highest BCUT2D eigenvalue weighted by Gasteiger charge is 2.15. The van der Waals surface area contributed by atoms with E-state index in [2.05, 4.69) is 0 Å². The Balaban J connectivity index is 2.41. The van der Waals surface area contributed by atoms with Crippen LogP contribution < -0.4 is 15.2 Å². The number of ether oxygens (including phenoxy) is 2. The summed E-state index contributed by atoms with van der Waals surface area (Å²) in [5.41, 5.74) is 7.93. The Labute approximate surface area is 99.9 Å². The van der Waals surface area contributed by atoms with Gasteiger partial charge in [0.1, 0.15) is 11.5 Å². The first-order valence-corrected chi connectivity index (χ1v) is 5.26. The zero-order valence-electron chi connectivity index (χ0n) is 9.84. The van der Waals surface area contributed by atoms with Crippen LogP contribution in [0.25, 0.3) is 0 Å². The van der Waals surface area contributed by atoms with E-state index in [-0.39, 0.29) is 6.04 Å². The van der Waals surface area contributed by atoms with Gasteiger partial charge in [-0.15, -0.1) is 0 Å². The molecule has 0 aliphatic heterocycles. The summed E-state index contributed by atoms with van der Waals surface area (Å²) in [5, 5.41) is 0. The minimum Gasteiger partial charge on any atom is -0.497 e. The number of nitrogens with two attached hydrogens (primary N) is 1. The molecule has 0 saturated carbocycles. The molecule has 2 N–H and O–H groups in total. The molecule has 90 valence electrons. The van der Waals surface area contributed by atoms with Gasteiger partial charge < -0.3 is 19.6 Å². The van der Waals surface area contributed by atoms with Gasteiger partial charge in [0.25, 0.3) is 0 Å². The van der Waals surface area contributed by atoms with Crippen LogP contribution in [0.3, 0.4) is 0 Å². The largest absolute Gasteiger partial charge is 0.497 e. The third-order valence-electron chi connectivity index (χ3n) is 2.67. The van der Waals surface area contributed by atoms with E-state index < -0.39 is 0 Å². The van der Waals surface area contributed by atoms with Crippen LogP contribution in [-0.2, 0) is 0 Å². The van der Waals surface area contributed by atoms with Gasteiger partial charge in [-0.3, -0.25) is 0 Å². The van der Waals surface area contributed by atoms with E-state index in [0.29, 0.717) is 0 Å². The van der Waals surface area contributed by atoms with Crippen molar-refractivity contribution in [1.29, 1.82) is 0 Å². The molecule has 0 radical (unpaired) electrons. The first-order valence-electron chi connectivity index (χ1n) is 5.26. The quantitative estimate of drug-likeness (QED) is 0.880. The van der Waals surface area contributed by atoms with Gasteiger partial charge in [0.05, 0.1) is 32.8 Å². The fourth-order valence-electron chi connectivity index (χ4n) is 1.71. The summed E-state index contributed by atoms with van der Waals surface area (Å²) >= 11 is 0. The van der Waals surface area contributed by atoms with Gasteiger partial charge in [-0.1, -0.05) is 0 Å². The van der Waals surface area contributed by atoms with E-state index in [1.807, 2.05) is 24.3 Å². The second-order valence-electron chi connectivity index (χ2n) is 3.64. The second kappa shape index (κ2) is 4.93. The summed E-state index contributed by atoms with van der Waals surface area (Å²) in [6.07, 6.45) is 3.23. The summed E-state index contributed by atoms with van der Waals surface area (Å²) in [6, 6.07) is 7.09. The van der Waals surface area contributed by atoms with E-state index in [1.54, 1.807) is 26.7 Å². The molecule has 0 saturated heterocycles. The Morgan fingerprint density at radius 3 is 2.59 bits per heavy atom. The Bertz CT molecular complexity index is 479. The molecule has 1 aromatic carbocycles. The molecule has 0 aliphatic carbocycles. The zero-order valence-corrected chi connectivity index (χ0v) is 9.84. The van der Waals surface area contributed by atoms with Crippen LogP contribution in [-0.4, -0.2) is 14.2 Å². The second-order valence-corrected chi connectivity index (χ2v) is 3.64. The molecule has 17 heavy (non-hydrogen) atoms.